The summed E-state index contributed by atoms with van der Waals surface area (Å²) >= 11 is 0. The van der Waals surface area contributed by atoms with Crippen LogP contribution in [0.1, 0.15) is 26.2 Å². The van der Waals surface area contributed by atoms with Gasteiger partial charge in [-0.15, -0.1) is 0 Å². The van der Waals surface area contributed by atoms with Gasteiger partial charge in [0.25, 0.3) is 0 Å². The number of ether oxygens (including phenoxy) is 1. The van der Waals surface area contributed by atoms with Crippen LogP contribution in [-0.4, -0.2) is 30.3 Å². The van der Waals surface area contributed by atoms with Crippen molar-refractivity contribution in [2.45, 2.75) is 38.3 Å². The Bertz CT molecular complexity index is 195. The van der Waals surface area contributed by atoms with Crippen molar-refractivity contribution in [3.05, 3.63) is 0 Å². The minimum atomic E-state index is -0.775. The van der Waals surface area contributed by atoms with E-state index in [4.69, 9.17) is 15.6 Å². The number of aliphatic carboxylic acids is 1. The molecule has 1 atom stereocenters. The molecule has 0 aromatic heterocycles. The van der Waals surface area contributed by atoms with Crippen molar-refractivity contribution in [2.24, 2.45) is 11.1 Å². The van der Waals surface area contributed by atoms with Crippen LogP contribution in [0.3, 0.4) is 0 Å². The molecule has 76 valence electrons. The molecule has 1 fully saturated rings. The highest BCUT2D eigenvalue weighted by molar-refractivity contribution is 5.77. The summed E-state index contributed by atoms with van der Waals surface area (Å²) in [5.41, 5.74) is 4.90. The molecule has 4 nitrogen and oxygen atoms in total. The topological polar surface area (TPSA) is 72.5 Å². The Morgan fingerprint density at radius 3 is 2.54 bits per heavy atom. The van der Waals surface area contributed by atoms with Gasteiger partial charge >= 0.3 is 5.97 Å². The largest absolute Gasteiger partial charge is 0.481 e. The third kappa shape index (κ3) is 1.56. The first-order valence-electron chi connectivity index (χ1n) is 4.58. The number of nitrogens with two attached hydrogens (primary N) is 1. The molecule has 13 heavy (non-hydrogen) atoms. The molecular formula is C9H17NO3. The zero-order valence-corrected chi connectivity index (χ0v) is 8.12. The Labute approximate surface area is 78.1 Å². The van der Waals surface area contributed by atoms with Gasteiger partial charge < -0.3 is 15.6 Å². The van der Waals surface area contributed by atoms with E-state index in [1.54, 1.807) is 7.11 Å². The zero-order valence-electron chi connectivity index (χ0n) is 8.12. The van der Waals surface area contributed by atoms with E-state index in [1.807, 2.05) is 6.92 Å². The molecule has 0 spiro atoms. The third-order valence-corrected chi connectivity index (χ3v) is 2.95. The molecule has 0 bridgehead atoms. The fourth-order valence-corrected chi connectivity index (χ4v) is 2.23. The van der Waals surface area contributed by atoms with Crippen LogP contribution in [0.15, 0.2) is 0 Å². The smallest absolute Gasteiger partial charge is 0.312 e. The van der Waals surface area contributed by atoms with Gasteiger partial charge in [-0.3, -0.25) is 4.79 Å². The Hall–Kier alpha value is -0.610. The van der Waals surface area contributed by atoms with Crippen molar-refractivity contribution in [1.29, 1.82) is 0 Å². The fourth-order valence-electron chi connectivity index (χ4n) is 2.23. The summed E-state index contributed by atoms with van der Waals surface area (Å²) < 4.78 is 5.18. The number of carboxylic acids is 1. The molecule has 1 saturated carbocycles. The molecule has 1 aliphatic rings. The SMILES string of the molecule is CCC(OC)C1(C(=O)O)CC(N)C1. The average molecular weight is 187 g/mol. The van der Waals surface area contributed by atoms with Gasteiger partial charge in [0.1, 0.15) is 0 Å². The number of hydrogen-bond acceptors (Lipinski definition) is 3. The molecule has 0 heterocycles. The maximum absolute atomic E-state index is 11.1. The van der Waals surface area contributed by atoms with Crippen LogP contribution in [0, 0.1) is 5.41 Å². The van der Waals surface area contributed by atoms with Gasteiger partial charge in [-0.25, -0.2) is 0 Å². The normalized spacial score (nSPS) is 35.2. The molecule has 1 unspecified atom stereocenters. The van der Waals surface area contributed by atoms with Gasteiger partial charge in [-0.05, 0) is 19.3 Å². The number of carboxylic acid groups (broad SMARTS) is 1. The third-order valence-electron chi connectivity index (χ3n) is 2.95. The molecule has 0 aromatic rings. The summed E-state index contributed by atoms with van der Waals surface area (Å²) in [5.74, 6) is -0.775. The monoisotopic (exact) mass is 187 g/mol. The Kier molecular flexibility index (Phi) is 2.93. The molecule has 0 amide bonds. The average Bonchev–Trinajstić information content (AvgIpc) is 2.02. The Morgan fingerprint density at radius 1 is 1.77 bits per heavy atom. The Morgan fingerprint density at radius 2 is 2.31 bits per heavy atom. The van der Waals surface area contributed by atoms with Crippen molar-refractivity contribution in [1.82, 2.24) is 0 Å². The predicted molar refractivity (Wildman–Crippen MR) is 48.4 cm³/mol. The van der Waals surface area contributed by atoms with E-state index in [2.05, 4.69) is 0 Å². The van der Waals surface area contributed by atoms with Gasteiger partial charge in [-0.1, -0.05) is 6.92 Å². The maximum Gasteiger partial charge on any atom is 0.312 e. The van der Waals surface area contributed by atoms with Gasteiger partial charge in [0.2, 0.25) is 0 Å². The first kappa shape index (κ1) is 10.5. The molecule has 0 aliphatic heterocycles. The summed E-state index contributed by atoms with van der Waals surface area (Å²) in [6, 6.07) is 0.0281. The second-order valence-corrected chi connectivity index (χ2v) is 3.76. The van der Waals surface area contributed by atoms with Crippen LogP contribution in [0.25, 0.3) is 0 Å². The van der Waals surface area contributed by atoms with Gasteiger partial charge in [0.05, 0.1) is 11.5 Å². The molecular weight excluding hydrogens is 170 g/mol. The molecule has 0 saturated heterocycles. The summed E-state index contributed by atoms with van der Waals surface area (Å²) in [7, 11) is 1.56. The quantitative estimate of drug-likeness (QED) is 0.676. The summed E-state index contributed by atoms with van der Waals surface area (Å²) in [6.07, 6.45) is 1.59. The summed E-state index contributed by atoms with van der Waals surface area (Å²) in [4.78, 5) is 11.1. The lowest BCUT2D eigenvalue weighted by molar-refractivity contribution is -0.170. The van der Waals surface area contributed by atoms with Crippen LogP contribution < -0.4 is 5.73 Å². The van der Waals surface area contributed by atoms with Crippen molar-refractivity contribution in [3.63, 3.8) is 0 Å². The Balaban J connectivity index is 2.74. The predicted octanol–water partition coefficient (Wildman–Crippen LogP) is 0.603. The van der Waals surface area contributed by atoms with Crippen molar-refractivity contribution < 1.29 is 14.6 Å². The van der Waals surface area contributed by atoms with E-state index in [-0.39, 0.29) is 12.1 Å². The minimum Gasteiger partial charge on any atom is -0.481 e. The van der Waals surface area contributed by atoms with E-state index >= 15 is 0 Å². The molecule has 1 rings (SSSR count). The highest BCUT2D eigenvalue weighted by atomic mass is 16.5. The first-order valence-corrected chi connectivity index (χ1v) is 4.58. The summed E-state index contributed by atoms with van der Waals surface area (Å²) in [6.45, 7) is 1.93. The van der Waals surface area contributed by atoms with Crippen LogP contribution in [-0.2, 0) is 9.53 Å². The lowest BCUT2D eigenvalue weighted by Crippen LogP contribution is -2.57. The van der Waals surface area contributed by atoms with Crippen LogP contribution >= 0.6 is 0 Å². The standard InChI is InChI=1S/C9H17NO3/c1-3-7(13-2)9(8(11)12)4-6(10)5-9/h6-7H,3-5,10H2,1-2H3,(H,11,12). The lowest BCUT2D eigenvalue weighted by Gasteiger charge is -2.46. The van der Waals surface area contributed by atoms with Crippen LogP contribution in [0.5, 0.6) is 0 Å². The maximum atomic E-state index is 11.1. The van der Waals surface area contributed by atoms with Crippen LogP contribution in [0.2, 0.25) is 0 Å². The lowest BCUT2D eigenvalue weighted by atomic mass is 9.62. The van der Waals surface area contributed by atoms with E-state index in [9.17, 15) is 4.79 Å². The van der Waals surface area contributed by atoms with E-state index in [0.29, 0.717) is 12.8 Å². The van der Waals surface area contributed by atoms with Gasteiger partial charge in [0.15, 0.2) is 0 Å². The van der Waals surface area contributed by atoms with E-state index in [1.165, 1.54) is 0 Å². The number of hydrogen-bond donors (Lipinski definition) is 2. The summed E-state index contributed by atoms with van der Waals surface area (Å²) in [5, 5.41) is 9.10. The first-order chi connectivity index (χ1) is 6.06. The van der Waals surface area contributed by atoms with Crippen molar-refractivity contribution in [3.8, 4) is 0 Å². The van der Waals surface area contributed by atoms with Gasteiger partial charge in [0, 0.05) is 13.2 Å². The molecule has 0 aromatic carbocycles. The molecule has 3 N–H and O–H groups in total. The van der Waals surface area contributed by atoms with E-state index < -0.39 is 11.4 Å². The van der Waals surface area contributed by atoms with Crippen molar-refractivity contribution in [2.75, 3.05) is 7.11 Å². The molecule has 4 heteroatoms. The highest BCUT2D eigenvalue weighted by Crippen LogP contribution is 2.45. The number of carbonyl (C=O) groups is 1. The second-order valence-electron chi connectivity index (χ2n) is 3.76. The second kappa shape index (κ2) is 3.64. The highest BCUT2D eigenvalue weighted by Gasteiger charge is 2.54. The van der Waals surface area contributed by atoms with Crippen molar-refractivity contribution >= 4 is 5.97 Å². The molecule has 0 radical (unpaired) electrons. The van der Waals surface area contributed by atoms with E-state index in [0.717, 1.165) is 6.42 Å². The zero-order chi connectivity index (χ0) is 10.1. The minimum absolute atomic E-state index is 0.0281. The fraction of sp³-hybridized carbons (Fsp3) is 0.889. The molecule has 1 aliphatic carbocycles. The number of methoxy groups -OCH3 is 1. The number of rotatable bonds is 4. The van der Waals surface area contributed by atoms with Crippen LogP contribution in [0.4, 0.5) is 0 Å². The van der Waals surface area contributed by atoms with Gasteiger partial charge in [-0.2, -0.15) is 0 Å².